The number of pyridine rings is 1. The number of aromatic nitrogens is 3. The molecular weight excluding hydrogens is 356 g/mol. The molecule has 0 saturated carbocycles. The normalized spacial score (nSPS) is 20.8. The molecule has 2 aromatic rings. The van der Waals surface area contributed by atoms with Crippen LogP contribution in [0.3, 0.4) is 0 Å². The molecule has 2 saturated heterocycles. The van der Waals surface area contributed by atoms with Gasteiger partial charge in [0.2, 0.25) is 11.8 Å². The Morgan fingerprint density at radius 2 is 2.07 bits per heavy atom. The van der Waals surface area contributed by atoms with Crippen LogP contribution in [0, 0.1) is 0 Å². The van der Waals surface area contributed by atoms with E-state index in [1.807, 2.05) is 34.3 Å². The molecule has 0 aromatic carbocycles. The first-order valence-corrected chi connectivity index (χ1v) is 9.86. The Labute approximate surface area is 164 Å². The summed E-state index contributed by atoms with van der Waals surface area (Å²) in [5.74, 6) is 1.37. The fourth-order valence-electron chi connectivity index (χ4n) is 4.03. The lowest BCUT2D eigenvalue weighted by molar-refractivity contribution is -0.135. The second-order valence-electron chi connectivity index (χ2n) is 7.51. The van der Waals surface area contributed by atoms with Crippen molar-refractivity contribution in [1.29, 1.82) is 0 Å². The van der Waals surface area contributed by atoms with Gasteiger partial charge in [0.25, 0.3) is 0 Å². The molecule has 8 heteroatoms. The number of imidazole rings is 1. The highest BCUT2D eigenvalue weighted by Crippen LogP contribution is 2.26. The maximum absolute atomic E-state index is 12.8. The molecular formula is C20H26N6O2. The van der Waals surface area contributed by atoms with E-state index in [9.17, 15) is 9.59 Å². The molecule has 4 heterocycles. The quantitative estimate of drug-likeness (QED) is 0.813. The van der Waals surface area contributed by atoms with Crippen LogP contribution in [0.2, 0.25) is 0 Å². The standard InChI is InChI=1S/C20H26N6O2/c27-18-14-24(10-7-22-18)15-19(28)25-9-1-2-17(13-25)20-23-8-11-26(20)12-16-3-5-21-6-4-16/h3-6,8,11,17H,1-2,7,9-10,12-15H2,(H,22,27)/t17-/m1/s1. The van der Waals surface area contributed by atoms with Crippen molar-refractivity contribution < 1.29 is 9.59 Å². The number of rotatable bonds is 5. The van der Waals surface area contributed by atoms with Gasteiger partial charge in [-0.05, 0) is 30.5 Å². The summed E-state index contributed by atoms with van der Waals surface area (Å²) >= 11 is 0. The third-order valence-electron chi connectivity index (χ3n) is 5.47. The molecule has 2 aromatic heterocycles. The molecule has 0 unspecified atom stereocenters. The van der Waals surface area contributed by atoms with Crippen LogP contribution in [0.25, 0.3) is 0 Å². The maximum Gasteiger partial charge on any atom is 0.236 e. The molecule has 4 rings (SSSR count). The number of nitrogens with zero attached hydrogens (tertiary/aromatic N) is 5. The second kappa shape index (κ2) is 8.52. The van der Waals surface area contributed by atoms with E-state index >= 15 is 0 Å². The van der Waals surface area contributed by atoms with Crippen molar-refractivity contribution in [2.75, 3.05) is 39.3 Å². The molecule has 2 fully saturated rings. The van der Waals surface area contributed by atoms with Crippen molar-refractivity contribution in [2.24, 2.45) is 0 Å². The van der Waals surface area contributed by atoms with Crippen LogP contribution in [0.5, 0.6) is 0 Å². The third kappa shape index (κ3) is 4.39. The summed E-state index contributed by atoms with van der Waals surface area (Å²) in [7, 11) is 0. The van der Waals surface area contributed by atoms with E-state index in [2.05, 4.69) is 19.9 Å². The molecule has 1 atom stereocenters. The topological polar surface area (TPSA) is 83.4 Å². The Hall–Kier alpha value is -2.74. The van der Waals surface area contributed by atoms with E-state index < -0.39 is 0 Å². The van der Waals surface area contributed by atoms with E-state index in [0.717, 1.165) is 38.3 Å². The highest BCUT2D eigenvalue weighted by atomic mass is 16.2. The summed E-state index contributed by atoms with van der Waals surface area (Å²) in [5, 5.41) is 2.80. The molecule has 1 N–H and O–H groups in total. The first-order valence-electron chi connectivity index (χ1n) is 9.86. The van der Waals surface area contributed by atoms with Gasteiger partial charge in [0, 0.05) is 63.4 Å². The van der Waals surface area contributed by atoms with E-state index in [1.54, 1.807) is 12.4 Å². The number of carbonyl (C=O) groups is 2. The molecule has 28 heavy (non-hydrogen) atoms. The number of hydrogen-bond acceptors (Lipinski definition) is 5. The maximum atomic E-state index is 12.8. The molecule has 8 nitrogen and oxygen atoms in total. The minimum absolute atomic E-state index is 0.00582. The lowest BCUT2D eigenvalue weighted by Crippen LogP contribution is -2.52. The van der Waals surface area contributed by atoms with E-state index in [0.29, 0.717) is 26.2 Å². The number of nitrogens with one attached hydrogen (secondary N) is 1. The number of carbonyl (C=O) groups excluding carboxylic acids is 2. The molecule has 0 spiro atoms. The second-order valence-corrected chi connectivity index (χ2v) is 7.51. The number of piperidine rings is 1. The number of hydrogen-bond donors (Lipinski definition) is 1. The van der Waals surface area contributed by atoms with Gasteiger partial charge in [0.1, 0.15) is 5.82 Å². The largest absolute Gasteiger partial charge is 0.354 e. The fraction of sp³-hybridized carbons (Fsp3) is 0.500. The van der Waals surface area contributed by atoms with Crippen molar-refractivity contribution >= 4 is 11.8 Å². The van der Waals surface area contributed by atoms with Gasteiger partial charge in [-0.15, -0.1) is 0 Å². The van der Waals surface area contributed by atoms with Crippen molar-refractivity contribution in [1.82, 2.24) is 29.7 Å². The summed E-state index contributed by atoms with van der Waals surface area (Å²) < 4.78 is 2.17. The molecule has 2 aliphatic rings. The Kier molecular flexibility index (Phi) is 5.66. The lowest BCUT2D eigenvalue weighted by atomic mass is 9.97. The average Bonchev–Trinajstić information content (AvgIpc) is 3.17. The summed E-state index contributed by atoms with van der Waals surface area (Å²) in [6, 6.07) is 4.02. The number of likely N-dealkylation sites (tertiary alicyclic amines) is 1. The Morgan fingerprint density at radius 3 is 2.89 bits per heavy atom. The average molecular weight is 382 g/mol. The molecule has 0 aliphatic carbocycles. The van der Waals surface area contributed by atoms with Crippen LogP contribution in [-0.4, -0.2) is 75.4 Å². The molecule has 148 valence electrons. The number of amides is 2. The molecule has 0 bridgehead atoms. The van der Waals surface area contributed by atoms with E-state index in [-0.39, 0.29) is 17.7 Å². The van der Waals surface area contributed by atoms with Gasteiger partial charge in [-0.3, -0.25) is 19.5 Å². The fourth-order valence-corrected chi connectivity index (χ4v) is 4.03. The Balaban J connectivity index is 1.39. The van der Waals surface area contributed by atoms with Crippen molar-refractivity contribution in [3.8, 4) is 0 Å². The minimum Gasteiger partial charge on any atom is -0.354 e. The van der Waals surface area contributed by atoms with Crippen molar-refractivity contribution in [3.05, 3.63) is 48.3 Å². The first-order chi connectivity index (χ1) is 13.7. The molecule has 0 radical (unpaired) electrons. The van der Waals surface area contributed by atoms with E-state index in [4.69, 9.17) is 0 Å². The summed E-state index contributed by atoms with van der Waals surface area (Å²) in [6.45, 7) is 4.18. The van der Waals surface area contributed by atoms with Gasteiger partial charge < -0.3 is 14.8 Å². The third-order valence-corrected chi connectivity index (χ3v) is 5.47. The lowest BCUT2D eigenvalue weighted by Gasteiger charge is -2.35. The Morgan fingerprint density at radius 1 is 1.21 bits per heavy atom. The van der Waals surface area contributed by atoms with Gasteiger partial charge in [0.15, 0.2) is 0 Å². The molecule has 2 aliphatic heterocycles. The summed E-state index contributed by atoms with van der Waals surface area (Å²) in [5.41, 5.74) is 1.18. The zero-order valence-corrected chi connectivity index (χ0v) is 16.0. The van der Waals surface area contributed by atoms with E-state index in [1.165, 1.54) is 5.56 Å². The number of piperazine rings is 1. The molecule has 2 amide bonds. The van der Waals surface area contributed by atoms with Gasteiger partial charge >= 0.3 is 0 Å². The summed E-state index contributed by atoms with van der Waals surface area (Å²) in [4.78, 5) is 36.9. The predicted octanol–water partition coefficient (Wildman–Crippen LogP) is 0.464. The van der Waals surface area contributed by atoms with Crippen LogP contribution in [0.4, 0.5) is 0 Å². The zero-order valence-electron chi connectivity index (χ0n) is 16.0. The summed E-state index contributed by atoms with van der Waals surface area (Å²) in [6.07, 6.45) is 9.44. The van der Waals surface area contributed by atoms with Gasteiger partial charge in [0.05, 0.1) is 13.1 Å². The van der Waals surface area contributed by atoms with Crippen LogP contribution in [0.1, 0.15) is 30.1 Å². The Bertz CT molecular complexity index is 821. The smallest absolute Gasteiger partial charge is 0.236 e. The van der Waals surface area contributed by atoms with Gasteiger partial charge in [-0.2, -0.15) is 0 Å². The monoisotopic (exact) mass is 382 g/mol. The predicted molar refractivity (Wildman–Crippen MR) is 104 cm³/mol. The minimum atomic E-state index is -0.00582. The highest BCUT2D eigenvalue weighted by molar-refractivity contribution is 5.82. The van der Waals surface area contributed by atoms with Crippen LogP contribution in [0.15, 0.2) is 36.9 Å². The van der Waals surface area contributed by atoms with Crippen molar-refractivity contribution in [2.45, 2.75) is 25.3 Å². The SMILES string of the molecule is O=C1CN(CC(=O)N2CCC[C@@H](c3nccn3Cc3ccncc3)C2)CCN1. The van der Waals surface area contributed by atoms with Crippen LogP contribution >= 0.6 is 0 Å². The van der Waals surface area contributed by atoms with Crippen LogP contribution in [-0.2, 0) is 16.1 Å². The van der Waals surface area contributed by atoms with Crippen molar-refractivity contribution in [3.63, 3.8) is 0 Å². The van der Waals surface area contributed by atoms with Crippen LogP contribution < -0.4 is 5.32 Å². The first kappa shape index (κ1) is 18.6. The zero-order chi connectivity index (χ0) is 19.3. The highest BCUT2D eigenvalue weighted by Gasteiger charge is 2.29. The van der Waals surface area contributed by atoms with Gasteiger partial charge in [-0.1, -0.05) is 0 Å². The van der Waals surface area contributed by atoms with Gasteiger partial charge in [-0.25, -0.2) is 4.98 Å².